The van der Waals surface area contributed by atoms with Crippen molar-refractivity contribution in [1.29, 1.82) is 0 Å². The molecular formula is C14H18BrNO3. The number of nitrogens with one attached hydrogen (secondary N) is 1. The number of carboxylic acid groups (broad SMARTS) is 1. The molecule has 0 saturated heterocycles. The lowest BCUT2D eigenvalue weighted by atomic mass is 9.86. The Morgan fingerprint density at radius 2 is 1.89 bits per heavy atom. The zero-order chi connectivity index (χ0) is 14.8. The summed E-state index contributed by atoms with van der Waals surface area (Å²) in [4.78, 5) is 23.4. The van der Waals surface area contributed by atoms with Gasteiger partial charge in [0.25, 0.3) is 5.91 Å². The highest BCUT2D eigenvalue weighted by atomic mass is 79.9. The molecule has 0 radical (unpaired) electrons. The lowest BCUT2D eigenvalue weighted by Crippen LogP contribution is -2.49. The Labute approximate surface area is 121 Å². The molecule has 19 heavy (non-hydrogen) atoms. The third-order valence-corrected chi connectivity index (χ3v) is 3.33. The Kier molecular flexibility index (Phi) is 4.74. The van der Waals surface area contributed by atoms with Gasteiger partial charge in [-0.3, -0.25) is 4.79 Å². The maximum atomic E-state index is 12.2. The zero-order valence-electron chi connectivity index (χ0n) is 11.5. The van der Waals surface area contributed by atoms with Crippen molar-refractivity contribution in [2.45, 2.75) is 33.7 Å². The minimum Gasteiger partial charge on any atom is -0.480 e. The number of amides is 1. The summed E-state index contributed by atoms with van der Waals surface area (Å²) in [5.74, 6) is -1.41. The largest absolute Gasteiger partial charge is 0.480 e. The fourth-order valence-corrected chi connectivity index (χ4v) is 2.06. The number of hydrogen-bond donors (Lipinski definition) is 2. The summed E-state index contributed by atoms with van der Waals surface area (Å²) in [6, 6.07) is 4.40. The number of benzene rings is 1. The Morgan fingerprint density at radius 1 is 1.32 bits per heavy atom. The summed E-state index contributed by atoms with van der Waals surface area (Å²) in [6.45, 7) is 7.15. The highest BCUT2D eigenvalue weighted by Gasteiger charge is 2.33. The summed E-state index contributed by atoms with van der Waals surface area (Å²) < 4.78 is 0.783. The third-order valence-electron chi connectivity index (χ3n) is 2.83. The van der Waals surface area contributed by atoms with E-state index in [1.54, 1.807) is 26.8 Å². The molecule has 0 heterocycles. The number of halogens is 1. The first-order chi connectivity index (χ1) is 8.62. The molecule has 1 amide bonds. The van der Waals surface area contributed by atoms with Crippen LogP contribution in [0.3, 0.4) is 0 Å². The van der Waals surface area contributed by atoms with Gasteiger partial charge in [-0.2, -0.15) is 0 Å². The zero-order valence-corrected chi connectivity index (χ0v) is 13.0. The number of aryl methyl sites for hydroxylation is 1. The van der Waals surface area contributed by atoms with E-state index in [0.717, 1.165) is 10.0 Å². The first kappa shape index (κ1) is 15.7. The normalized spacial score (nSPS) is 12.9. The maximum absolute atomic E-state index is 12.2. The molecule has 0 spiro atoms. The molecule has 0 fully saturated rings. The van der Waals surface area contributed by atoms with Crippen molar-refractivity contribution >= 4 is 27.8 Å². The molecule has 0 bridgehead atoms. The number of carbonyl (C=O) groups is 2. The fourth-order valence-electron chi connectivity index (χ4n) is 1.70. The second-order valence-corrected chi connectivity index (χ2v) is 6.49. The highest BCUT2D eigenvalue weighted by Crippen LogP contribution is 2.21. The van der Waals surface area contributed by atoms with E-state index in [0.29, 0.717) is 5.56 Å². The van der Waals surface area contributed by atoms with Crippen LogP contribution in [0.2, 0.25) is 0 Å². The van der Waals surface area contributed by atoms with Gasteiger partial charge in [-0.15, -0.1) is 0 Å². The Balaban J connectivity index is 3.01. The predicted octanol–water partition coefficient (Wildman–Crippen LogP) is 2.99. The van der Waals surface area contributed by atoms with Gasteiger partial charge in [0, 0.05) is 10.0 Å². The number of carbonyl (C=O) groups excluding carboxylic acids is 1. The van der Waals surface area contributed by atoms with Crippen LogP contribution in [0.5, 0.6) is 0 Å². The van der Waals surface area contributed by atoms with E-state index < -0.39 is 17.4 Å². The standard InChI is InChI=1S/C14H18BrNO3/c1-8-5-6-9(15)7-10(8)12(17)16-11(13(18)19)14(2,3)4/h5-7,11H,1-4H3,(H,16,17)(H,18,19)/t11-/m1/s1. The van der Waals surface area contributed by atoms with Crippen molar-refractivity contribution in [2.75, 3.05) is 0 Å². The lowest BCUT2D eigenvalue weighted by Gasteiger charge is -2.28. The Bertz CT molecular complexity index is 506. The van der Waals surface area contributed by atoms with Crippen LogP contribution in [0.4, 0.5) is 0 Å². The summed E-state index contributed by atoms with van der Waals surface area (Å²) in [7, 11) is 0. The van der Waals surface area contributed by atoms with Gasteiger partial charge in [0.1, 0.15) is 6.04 Å². The van der Waals surface area contributed by atoms with Crippen molar-refractivity contribution in [3.05, 3.63) is 33.8 Å². The molecule has 1 atom stereocenters. The average Bonchev–Trinajstić information content (AvgIpc) is 2.26. The predicted molar refractivity (Wildman–Crippen MR) is 77.2 cm³/mol. The first-order valence-corrected chi connectivity index (χ1v) is 6.72. The molecule has 1 rings (SSSR count). The summed E-state index contributed by atoms with van der Waals surface area (Å²) in [6.07, 6.45) is 0. The van der Waals surface area contributed by atoms with Crippen LogP contribution < -0.4 is 5.32 Å². The third kappa shape index (κ3) is 4.06. The lowest BCUT2D eigenvalue weighted by molar-refractivity contribution is -0.142. The van der Waals surface area contributed by atoms with Crippen molar-refractivity contribution in [1.82, 2.24) is 5.32 Å². The van der Waals surface area contributed by atoms with Gasteiger partial charge in [-0.1, -0.05) is 42.8 Å². The number of carboxylic acids is 1. The van der Waals surface area contributed by atoms with E-state index in [1.807, 2.05) is 19.1 Å². The van der Waals surface area contributed by atoms with Gasteiger partial charge >= 0.3 is 5.97 Å². The molecule has 1 aromatic rings. The van der Waals surface area contributed by atoms with E-state index in [-0.39, 0.29) is 5.91 Å². The van der Waals surface area contributed by atoms with Crippen LogP contribution >= 0.6 is 15.9 Å². The van der Waals surface area contributed by atoms with Gasteiger partial charge < -0.3 is 10.4 Å². The van der Waals surface area contributed by atoms with E-state index in [2.05, 4.69) is 21.2 Å². The van der Waals surface area contributed by atoms with Crippen LogP contribution in [-0.4, -0.2) is 23.0 Å². The van der Waals surface area contributed by atoms with Crippen LogP contribution in [0.1, 0.15) is 36.7 Å². The Hall–Kier alpha value is -1.36. The second-order valence-electron chi connectivity index (χ2n) is 5.57. The van der Waals surface area contributed by atoms with E-state index >= 15 is 0 Å². The molecule has 0 aliphatic carbocycles. The fraction of sp³-hybridized carbons (Fsp3) is 0.429. The second kappa shape index (κ2) is 5.74. The van der Waals surface area contributed by atoms with E-state index in [9.17, 15) is 14.7 Å². The van der Waals surface area contributed by atoms with Crippen LogP contribution in [0.15, 0.2) is 22.7 Å². The molecule has 104 valence electrons. The van der Waals surface area contributed by atoms with E-state index in [4.69, 9.17) is 0 Å². The SMILES string of the molecule is Cc1ccc(Br)cc1C(=O)N[C@H](C(=O)O)C(C)(C)C. The molecule has 0 aromatic heterocycles. The molecule has 1 aromatic carbocycles. The minimum atomic E-state index is -1.03. The number of hydrogen-bond acceptors (Lipinski definition) is 2. The van der Waals surface area contributed by atoms with Crippen molar-refractivity contribution in [3.63, 3.8) is 0 Å². The van der Waals surface area contributed by atoms with Crippen molar-refractivity contribution in [3.8, 4) is 0 Å². The minimum absolute atomic E-state index is 0.374. The summed E-state index contributed by atoms with van der Waals surface area (Å²) >= 11 is 3.30. The molecule has 0 saturated carbocycles. The first-order valence-electron chi connectivity index (χ1n) is 5.92. The van der Waals surface area contributed by atoms with Crippen molar-refractivity contribution < 1.29 is 14.7 Å². The molecule has 4 nitrogen and oxygen atoms in total. The van der Waals surface area contributed by atoms with Gasteiger partial charge in [0.05, 0.1) is 0 Å². The molecule has 0 aliphatic rings. The van der Waals surface area contributed by atoms with Gasteiger partial charge in [0.15, 0.2) is 0 Å². The maximum Gasteiger partial charge on any atom is 0.326 e. The molecule has 2 N–H and O–H groups in total. The van der Waals surface area contributed by atoms with Crippen molar-refractivity contribution in [2.24, 2.45) is 5.41 Å². The molecular weight excluding hydrogens is 310 g/mol. The van der Waals surface area contributed by atoms with E-state index in [1.165, 1.54) is 0 Å². The Morgan fingerprint density at radius 3 is 2.37 bits per heavy atom. The highest BCUT2D eigenvalue weighted by molar-refractivity contribution is 9.10. The van der Waals surface area contributed by atoms with Gasteiger partial charge in [-0.25, -0.2) is 4.79 Å². The van der Waals surface area contributed by atoms with Crippen LogP contribution in [0.25, 0.3) is 0 Å². The van der Waals surface area contributed by atoms with Gasteiger partial charge in [-0.05, 0) is 30.0 Å². The number of aliphatic carboxylic acids is 1. The number of rotatable bonds is 3. The summed E-state index contributed by atoms with van der Waals surface area (Å²) in [5.41, 5.74) is 0.727. The summed E-state index contributed by atoms with van der Waals surface area (Å²) in [5, 5.41) is 11.8. The molecule has 0 aliphatic heterocycles. The topological polar surface area (TPSA) is 66.4 Å². The van der Waals surface area contributed by atoms with Crippen LogP contribution in [0, 0.1) is 12.3 Å². The monoisotopic (exact) mass is 327 g/mol. The molecule has 5 heteroatoms. The molecule has 0 unspecified atom stereocenters. The van der Waals surface area contributed by atoms with Gasteiger partial charge in [0.2, 0.25) is 0 Å². The smallest absolute Gasteiger partial charge is 0.326 e. The quantitative estimate of drug-likeness (QED) is 0.896. The average molecular weight is 328 g/mol. The van der Waals surface area contributed by atoms with Crippen LogP contribution in [-0.2, 0) is 4.79 Å².